The highest BCUT2D eigenvalue weighted by atomic mass is 35.5. The predicted molar refractivity (Wildman–Crippen MR) is 54.7 cm³/mol. The molecule has 1 aromatic rings. The van der Waals surface area contributed by atoms with E-state index in [-0.39, 0.29) is 15.5 Å². The van der Waals surface area contributed by atoms with Crippen LogP contribution in [0.1, 0.15) is 10.4 Å². The number of halogens is 1. The molecule has 0 saturated carbocycles. The van der Waals surface area contributed by atoms with Gasteiger partial charge < -0.3 is 10.8 Å². The lowest BCUT2D eigenvalue weighted by molar-refractivity contribution is 0.0696. The first-order chi connectivity index (χ1) is 6.88. The van der Waals surface area contributed by atoms with Crippen LogP contribution in [0.5, 0.6) is 0 Å². The van der Waals surface area contributed by atoms with Crippen molar-refractivity contribution >= 4 is 27.4 Å². The van der Waals surface area contributed by atoms with Gasteiger partial charge in [-0.05, 0) is 18.2 Å². The summed E-state index contributed by atoms with van der Waals surface area (Å²) in [7, 11) is -3.70. The van der Waals surface area contributed by atoms with Crippen molar-refractivity contribution in [1.29, 1.82) is 0 Å². The Balaban J connectivity index is 3.42. The minimum Gasteiger partial charge on any atom is -0.478 e. The minimum absolute atomic E-state index is 0.0366. The summed E-state index contributed by atoms with van der Waals surface area (Å²) in [6, 6.07) is 3.43. The Hall–Kier alpha value is -1.11. The summed E-state index contributed by atoms with van der Waals surface area (Å²) in [6.45, 7) is 0. The largest absolute Gasteiger partial charge is 0.478 e. The Kier molecular flexibility index (Phi) is 3.33. The molecule has 15 heavy (non-hydrogen) atoms. The van der Waals surface area contributed by atoms with Crippen molar-refractivity contribution in [2.24, 2.45) is 5.73 Å². The normalized spacial score (nSPS) is 11.3. The van der Waals surface area contributed by atoms with E-state index in [9.17, 15) is 13.2 Å². The molecule has 5 nitrogen and oxygen atoms in total. The van der Waals surface area contributed by atoms with E-state index in [0.717, 1.165) is 6.07 Å². The van der Waals surface area contributed by atoms with Crippen LogP contribution >= 0.6 is 11.6 Å². The number of carboxylic acids is 1. The second-order valence-electron chi connectivity index (χ2n) is 2.73. The van der Waals surface area contributed by atoms with Gasteiger partial charge in [-0.25, -0.2) is 13.2 Å². The fourth-order valence-electron chi connectivity index (χ4n) is 0.965. The molecule has 0 atom stereocenters. The number of nitrogens with two attached hydrogens (primary N) is 1. The Morgan fingerprint density at radius 2 is 2.07 bits per heavy atom. The Morgan fingerprint density at radius 3 is 2.53 bits per heavy atom. The van der Waals surface area contributed by atoms with E-state index in [1.807, 2.05) is 0 Å². The number of carboxylic acid groups (broad SMARTS) is 1. The maximum absolute atomic E-state index is 11.4. The molecule has 0 unspecified atom stereocenters. The molecular formula is C8H8ClNO4S. The Morgan fingerprint density at radius 1 is 1.47 bits per heavy atom. The number of carbonyl (C=O) groups is 1. The fourth-order valence-corrected chi connectivity index (χ4v) is 2.29. The van der Waals surface area contributed by atoms with Crippen molar-refractivity contribution in [2.45, 2.75) is 4.90 Å². The molecule has 3 N–H and O–H groups in total. The van der Waals surface area contributed by atoms with E-state index >= 15 is 0 Å². The number of benzene rings is 1. The molecule has 0 fully saturated rings. The van der Waals surface area contributed by atoms with Crippen molar-refractivity contribution in [1.82, 2.24) is 0 Å². The minimum atomic E-state index is -3.70. The van der Waals surface area contributed by atoms with Crippen LogP contribution in [0.4, 0.5) is 0 Å². The van der Waals surface area contributed by atoms with E-state index in [0.29, 0.717) is 0 Å². The quantitative estimate of drug-likeness (QED) is 0.823. The van der Waals surface area contributed by atoms with Crippen LogP contribution in [0.2, 0.25) is 5.02 Å². The maximum Gasteiger partial charge on any atom is 0.335 e. The van der Waals surface area contributed by atoms with Crippen molar-refractivity contribution in [3.8, 4) is 0 Å². The van der Waals surface area contributed by atoms with Crippen LogP contribution in [0.25, 0.3) is 0 Å². The molecule has 1 rings (SSSR count). The van der Waals surface area contributed by atoms with Gasteiger partial charge in [0, 0.05) is 0 Å². The summed E-state index contributed by atoms with van der Waals surface area (Å²) >= 11 is 5.64. The zero-order valence-electron chi connectivity index (χ0n) is 7.47. The van der Waals surface area contributed by atoms with Gasteiger partial charge >= 0.3 is 5.97 Å². The Labute approximate surface area is 91.4 Å². The van der Waals surface area contributed by atoms with Crippen LogP contribution in [-0.4, -0.2) is 25.4 Å². The van der Waals surface area contributed by atoms with Gasteiger partial charge in [-0.1, -0.05) is 11.6 Å². The van der Waals surface area contributed by atoms with E-state index < -0.39 is 21.7 Å². The molecule has 0 aliphatic carbocycles. The summed E-state index contributed by atoms with van der Waals surface area (Å²) in [5.74, 6) is -1.84. The van der Waals surface area contributed by atoms with Gasteiger partial charge in [-0.2, -0.15) is 0 Å². The molecule has 0 radical (unpaired) electrons. The number of rotatable bonds is 3. The maximum atomic E-state index is 11.4. The molecule has 0 saturated heterocycles. The summed E-state index contributed by atoms with van der Waals surface area (Å²) < 4.78 is 22.8. The molecule has 0 amide bonds. The summed E-state index contributed by atoms with van der Waals surface area (Å²) in [4.78, 5) is 10.4. The van der Waals surface area contributed by atoms with Gasteiger partial charge in [0.15, 0.2) is 9.84 Å². The predicted octanol–water partition coefficient (Wildman–Crippen LogP) is 0.728. The van der Waals surface area contributed by atoms with E-state index in [2.05, 4.69) is 0 Å². The fraction of sp³-hybridized carbons (Fsp3) is 0.125. The average molecular weight is 250 g/mol. The lowest BCUT2D eigenvalue weighted by Crippen LogP contribution is -2.15. The molecule has 0 aliphatic rings. The highest BCUT2D eigenvalue weighted by molar-refractivity contribution is 7.91. The summed E-state index contributed by atoms with van der Waals surface area (Å²) in [5, 5.41) is 8.63. The van der Waals surface area contributed by atoms with Crippen LogP contribution in [0.15, 0.2) is 23.1 Å². The summed E-state index contributed by atoms with van der Waals surface area (Å²) in [5.41, 5.74) is 4.89. The third-order valence-electron chi connectivity index (χ3n) is 1.73. The third-order valence-corrected chi connectivity index (χ3v) is 3.62. The van der Waals surface area contributed by atoms with Crippen LogP contribution in [0, 0.1) is 0 Å². The zero-order chi connectivity index (χ0) is 11.6. The van der Waals surface area contributed by atoms with Gasteiger partial charge in [0.2, 0.25) is 0 Å². The van der Waals surface area contributed by atoms with Crippen molar-refractivity contribution in [3.63, 3.8) is 0 Å². The highest BCUT2D eigenvalue weighted by Gasteiger charge is 2.18. The van der Waals surface area contributed by atoms with Gasteiger partial charge in [0.05, 0.1) is 15.5 Å². The van der Waals surface area contributed by atoms with Crippen molar-refractivity contribution < 1.29 is 18.3 Å². The Bertz CT molecular complexity index is 497. The molecule has 1 aromatic carbocycles. The first kappa shape index (κ1) is 12.0. The van der Waals surface area contributed by atoms with Gasteiger partial charge in [-0.15, -0.1) is 0 Å². The lowest BCUT2D eigenvalue weighted by Gasteiger charge is -2.04. The number of sulfone groups is 1. The second kappa shape index (κ2) is 4.18. The smallest absolute Gasteiger partial charge is 0.335 e. The molecule has 0 bridgehead atoms. The van der Waals surface area contributed by atoms with Gasteiger partial charge in [0.25, 0.3) is 0 Å². The topological polar surface area (TPSA) is 97.5 Å². The highest BCUT2D eigenvalue weighted by Crippen LogP contribution is 2.23. The number of aromatic carboxylic acids is 1. The monoisotopic (exact) mass is 249 g/mol. The zero-order valence-corrected chi connectivity index (χ0v) is 9.05. The van der Waals surface area contributed by atoms with E-state index in [1.54, 1.807) is 0 Å². The molecule has 0 heterocycles. The SMILES string of the molecule is NCS(=O)(=O)c1cc(C(=O)O)ccc1Cl. The first-order valence-electron chi connectivity index (χ1n) is 3.84. The van der Waals surface area contributed by atoms with Crippen LogP contribution in [0.3, 0.4) is 0 Å². The third kappa shape index (κ3) is 2.47. The van der Waals surface area contributed by atoms with E-state index in [1.165, 1.54) is 12.1 Å². The lowest BCUT2D eigenvalue weighted by atomic mass is 10.2. The number of hydrogen-bond acceptors (Lipinski definition) is 4. The van der Waals surface area contributed by atoms with E-state index in [4.69, 9.17) is 22.4 Å². The standard InChI is InChI=1S/C8H8ClNO4S/c9-6-2-1-5(8(11)12)3-7(6)15(13,14)4-10/h1-3H,4,10H2,(H,11,12). The average Bonchev–Trinajstić information content (AvgIpc) is 2.17. The van der Waals surface area contributed by atoms with Gasteiger partial charge in [-0.3, -0.25) is 0 Å². The first-order valence-corrected chi connectivity index (χ1v) is 5.87. The van der Waals surface area contributed by atoms with Crippen molar-refractivity contribution in [2.75, 3.05) is 5.88 Å². The molecule has 7 heteroatoms. The second-order valence-corrected chi connectivity index (χ2v) is 5.14. The molecule has 0 aliphatic heterocycles. The van der Waals surface area contributed by atoms with Crippen molar-refractivity contribution in [3.05, 3.63) is 28.8 Å². The van der Waals surface area contributed by atoms with Crippen LogP contribution in [-0.2, 0) is 9.84 Å². The molecule has 0 spiro atoms. The summed E-state index contributed by atoms with van der Waals surface area (Å²) in [6.07, 6.45) is 0. The molecular weight excluding hydrogens is 242 g/mol. The number of hydrogen-bond donors (Lipinski definition) is 2. The van der Waals surface area contributed by atoms with Crippen LogP contribution < -0.4 is 5.73 Å². The molecule has 0 aromatic heterocycles. The van der Waals surface area contributed by atoms with Gasteiger partial charge in [0.1, 0.15) is 5.88 Å². The molecule has 82 valence electrons.